The maximum Gasteiger partial charge on any atom is 0.289 e. The molecule has 1 amide bonds. The molecule has 2 atom stereocenters. The van der Waals surface area contributed by atoms with Gasteiger partial charge in [-0.1, -0.05) is 6.07 Å². The Balaban J connectivity index is 1.46. The van der Waals surface area contributed by atoms with Crippen LogP contribution in [0.3, 0.4) is 0 Å². The highest BCUT2D eigenvalue weighted by Crippen LogP contribution is 2.39. The van der Waals surface area contributed by atoms with Gasteiger partial charge < -0.3 is 18.9 Å². The third kappa shape index (κ3) is 4.26. The van der Waals surface area contributed by atoms with Crippen molar-refractivity contribution in [2.75, 3.05) is 13.7 Å². The molecule has 6 nitrogen and oxygen atoms in total. The SMILES string of the molecule is COc1cc(/C=C2\OC[C@H]3CCC[C@@H](c4cc(F)c(F)c(F)c4)N3C2=O)ccc1-n1cnc(C)c1. The van der Waals surface area contributed by atoms with Gasteiger partial charge in [-0.05, 0) is 67.7 Å². The van der Waals surface area contributed by atoms with Crippen molar-refractivity contribution in [2.45, 2.75) is 38.3 Å². The molecule has 3 aromatic rings. The average molecular weight is 483 g/mol. The lowest BCUT2D eigenvalue weighted by atomic mass is 9.89. The molecule has 35 heavy (non-hydrogen) atoms. The zero-order valence-electron chi connectivity index (χ0n) is 19.3. The summed E-state index contributed by atoms with van der Waals surface area (Å²) in [6.07, 6.45) is 7.19. The molecule has 0 aliphatic carbocycles. The van der Waals surface area contributed by atoms with E-state index in [1.54, 1.807) is 30.5 Å². The number of ether oxygens (including phenoxy) is 2. The molecule has 0 unspecified atom stereocenters. The fourth-order valence-corrected chi connectivity index (χ4v) is 4.83. The highest BCUT2D eigenvalue weighted by Gasteiger charge is 2.41. The fourth-order valence-electron chi connectivity index (χ4n) is 4.83. The summed E-state index contributed by atoms with van der Waals surface area (Å²) in [7, 11) is 1.56. The number of rotatable bonds is 4. The molecule has 2 aliphatic heterocycles. The van der Waals surface area contributed by atoms with Crippen LogP contribution in [0.5, 0.6) is 5.75 Å². The lowest BCUT2D eigenvalue weighted by Gasteiger charge is -2.45. The van der Waals surface area contributed by atoms with Crippen molar-refractivity contribution in [3.63, 3.8) is 0 Å². The number of fused-ring (bicyclic) bond motifs is 1. The van der Waals surface area contributed by atoms with Crippen LogP contribution in [0.25, 0.3) is 11.8 Å². The summed E-state index contributed by atoms with van der Waals surface area (Å²) in [5, 5.41) is 0. The molecule has 0 saturated carbocycles. The molecule has 2 aliphatic rings. The van der Waals surface area contributed by atoms with Crippen LogP contribution in [0.15, 0.2) is 48.6 Å². The number of aromatic nitrogens is 2. The third-order valence-electron chi connectivity index (χ3n) is 6.50. The van der Waals surface area contributed by atoms with Crippen molar-refractivity contribution >= 4 is 12.0 Å². The Labute approximate surface area is 200 Å². The second kappa shape index (κ2) is 9.13. The van der Waals surface area contributed by atoms with E-state index >= 15 is 0 Å². The molecule has 0 radical (unpaired) electrons. The molecular formula is C26H24F3N3O3. The van der Waals surface area contributed by atoms with Crippen LogP contribution in [0.1, 0.15) is 42.1 Å². The zero-order valence-corrected chi connectivity index (χ0v) is 19.3. The maximum atomic E-state index is 13.9. The van der Waals surface area contributed by atoms with Crippen molar-refractivity contribution in [3.8, 4) is 11.4 Å². The van der Waals surface area contributed by atoms with Gasteiger partial charge in [-0.3, -0.25) is 4.79 Å². The summed E-state index contributed by atoms with van der Waals surface area (Å²) in [6, 6.07) is 6.63. The lowest BCUT2D eigenvalue weighted by Crippen LogP contribution is -2.52. The molecule has 2 fully saturated rings. The van der Waals surface area contributed by atoms with Crippen molar-refractivity contribution in [1.82, 2.24) is 14.5 Å². The first kappa shape index (κ1) is 23.0. The Hall–Kier alpha value is -3.75. The summed E-state index contributed by atoms with van der Waals surface area (Å²) in [6.45, 7) is 2.16. The van der Waals surface area contributed by atoms with E-state index in [0.29, 0.717) is 24.2 Å². The Bertz CT molecular complexity index is 1300. The van der Waals surface area contributed by atoms with Crippen molar-refractivity contribution in [3.05, 3.63) is 82.9 Å². The normalized spacial score (nSPS) is 21.1. The summed E-state index contributed by atoms with van der Waals surface area (Å²) in [5.41, 5.74) is 2.59. The third-order valence-corrected chi connectivity index (χ3v) is 6.50. The van der Waals surface area contributed by atoms with Gasteiger partial charge in [0, 0.05) is 6.20 Å². The van der Waals surface area contributed by atoms with E-state index in [2.05, 4.69) is 4.98 Å². The van der Waals surface area contributed by atoms with Gasteiger partial charge in [-0.2, -0.15) is 0 Å². The second-order valence-corrected chi connectivity index (χ2v) is 8.78. The topological polar surface area (TPSA) is 56.6 Å². The standard InChI is InChI=1S/C26H24F3N3O3/c1-15-12-31(14-30-15)22-7-6-16(8-23(22)34-2)9-24-26(33)32-18(13-35-24)4-3-5-21(32)17-10-19(27)25(29)20(28)11-17/h6-12,14,18,21H,3-5,13H2,1-2H3/b24-9-/t18-,21+/m1/s1. The Morgan fingerprint density at radius 3 is 2.60 bits per heavy atom. The highest BCUT2D eigenvalue weighted by molar-refractivity contribution is 5.97. The van der Waals surface area contributed by atoms with E-state index in [4.69, 9.17) is 9.47 Å². The number of amides is 1. The lowest BCUT2D eigenvalue weighted by molar-refractivity contribution is -0.146. The number of carbonyl (C=O) groups is 1. The van der Waals surface area contributed by atoms with Gasteiger partial charge >= 0.3 is 0 Å². The predicted molar refractivity (Wildman–Crippen MR) is 122 cm³/mol. The smallest absolute Gasteiger partial charge is 0.289 e. The summed E-state index contributed by atoms with van der Waals surface area (Å²) < 4.78 is 54.6. The van der Waals surface area contributed by atoms with Gasteiger partial charge in [0.2, 0.25) is 0 Å². The molecule has 2 saturated heterocycles. The minimum absolute atomic E-state index is 0.129. The van der Waals surface area contributed by atoms with Gasteiger partial charge in [0.25, 0.3) is 5.91 Å². The number of piperidine rings is 1. The van der Waals surface area contributed by atoms with Crippen LogP contribution in [0.4, 0.5) is 13.2 Å². The number of halogens is 3. The molecule has 0 N–H and O–H groups in total. The van der Waals surface area contributed by atoms with Gasteiger partial charge in [-0.15, -0.1) is 0 Å². The second-order valence-electron chi connectivity index (χ2n) is 8.78. The van der Waals surface area contributed by atoms with Gasteiger partial charge in [0.05, 0.1) is 36.9 Å². The number of carbonyl (C=O) groups excluding carboxylic acids is 1. The van der Waals surface area contributed by atoms with Crippen LogP contribution in [-0.2, 0) is 9.53 Å². The predicted octanol–water partition coefficient (Wildman–Crippen LogP) is 5.10. The Morgan fingerprint density at radius 1 is 1.14 bits per heavy atom. The van der Waals surface area contributed by atoms with E-state index in [1.807, 2.05) is 29.8 Å². The molecular weight excluding hydrogens is 459 g/mol. The minimum Gasteiger partial charge on any atom is -0.495 e. The number of hydrogen-bond donors (Lipinski definition) is 0. The first-order valence-electron chi connectivity index (χ1n) is 11.4. The van der Waals surface area contributed by atoms with Gasteiger partial charge in [0.15, 0.2) is 23.2 Å². The number of imidazole rings is 1. The van der Waals surface area contributed by atoms with Crippen LogP contribution >= 0.6 is 0 Å². The van der Waals surface area contributed by atoms with Gasteiger partial charge in [0.1, 0.15) is 12.4 Å². The van der Waals surface area contributed by atoms with Crippen molar-refractivity contribution in [1.29, 1.82) is 0 Å². The summed E-state index contributed by atoms with van der Waals surface area (Å²) in [5.74, 6) is -3.70. The molecule has 2 aromatic carbocycles. The van der Waals surface area contributed by atoms with Crippen molar-refractivity contribution < 1.29 is 27.4 Å². The molecule has 0 bridgehead atoms. The van der Waals surface area contributed by atoms with Crippen LogP contribution in [0.2, 0.25) is 0 Å². The number of benzene rings is 2. The van der Waals surface area contributed by atoms with Crippen LogP contribution in [0, 0.1) is 24.4 Å². The van der Waals surface area contributed by atoms with Gasteiger partial charge in [-0.25, -0.2) is 18.2 Å². The largest absolute Gasteiger partial charge is 0.495 e. The molecule has 5 rings (SSSR count). The average Bonchev–Trinajstić information content (AvgIpc) is 3.29. The summed E-state index contributed by atoms with van der Waals surface area (Å²) in [4.78, 5) is 19.3. The minimum atomic E-state index is -1.52. The van der Waals surface area contributed by atoms with Crippen LogP contribution < -0.4 is 4.74 Å². The van der Waals surface area contributed by atoms with E-state index in [1.165, 1.54) is 0 Å². The number of methoxy groups -OCH3 is 1. The molecule has 182 valence electrons. The van der Waals surface area contributed by atoms with E-state index in [-0.39, 0.29) is 29.9 Å². The van der Waals surface area contributed by atoms with E-state index < -0.39 is 23.5 Å². The number of nitrogens with zero attached hydrogens (tertiary/aromatic N) is 3. The molecule has 1 aromatic heterocycles. The highest BCUT2D eigenvalue weighted by atomic mass is 19.2. The summed E-state index contributed by atoms with van der Waals surface area (Å²) >= 11 is 0. The number of hydrogen-bond acceptors (Lipinski definition) is 4. The Kier molecular flexibility index (Phi) is 6.00. The fraction of sp³-hybridized carbons (Fsp3) is 0.308. The monoisotopic (exact) mass is 483 g/mol. The molecule has 0 spiro atoms. The zero-order chi connectivity index (χ0) is 24.7. The van der Waals surface area contributed by atoms with Crippen LogP contribution in [-0.4, -0.2) is 40.1 Å². The molecule has 3 heterocycles. The van der Waals surface area contributed by atoms with E-state index in [9.17, 15) is 18.0 Å². The van der Waals surface area contributed by atoms with Crippen molar-refractivity contribution in [2.24, 2.45) is 0 Å². The van der Waals surface area contributed by atoms with E-state index in [0.717, 1.165) is 29.9 Å². The first-order valence-corrected chi connectivity index (χ1v) is 11.4. The maximum absolute atomic E-state index is 13.9. The first-order chi connectivity index (χ1) is 16.9. The Morgan fingerprint density at radius 2 is 1.91 bits per heavy atom. The quantitative estimate of drug-likeness (QED) is 0.383. The number of aryl methyl sites for hydroxylation is 1. The molecule has 9 heteroatoms. The number of morpholine rings is 1.